The van der Waals surface area contributed by atoms with Crippen molar-refractivity contribution in [3.05, 3.63) is 59.4 Å². The highest BCUT2D eigenvalue weighted by Gasteiger charge is 2.33. The van der Waals surface area contributed by atoms with Gasteiger partial charge in [-0.3, -0.25) is 14.5 Å². The monoisotopic (exact) mass is 476 g/mol. The highest BCUT2D eigenvalue weighted by atomic mass is 19.4. The van der Waals surface area contributed by atoms with Crippen molar-refractivity contribution in [3.63, 3.8) is 0 Å². The molecule has 1 unspecified atom stereocenters. The number of nitrogens with zero attached hydrogens (tertiary/aromatic N) is 2. The largest absolute Gasteiger partial charge is 0.433 e. The van der Waals surface area contributed by atoms with E-state index in [-0.39, 0.29) is 23.6 Å². The number of halogens is 3. The molecule has 9 heteroatoms. The number of amides is 2. The van der Waals surface area contributed by atoms with Crippen LogP contribution in [0.3, 0.4) is 0 Å². The maximum Gasteiger partial charge on any atom is 0.433 e. The summed E-state index contributed by atoms with van der Waals surface area (Å²) in [5.74, 6) is -0.554. The van der Waals surface area contributed by atoms with Gasteiger partial charge in [0.1, 0.15) is 11.4 Å². The summed E-state index contributed by atoms with van der Waals surface area (Å²) in [5.41, 5.74) is 0.0558. The summed E-state index contributed by atoms with van der Waals surface area (Å²) in [5, 5.41) is 5.71. The van der Waals surface area contributed by atoms with Crippen LogP contribution in [-0.4, -0.2) is 40.8 Å². The van der Waals surface area contributed by atoms with Gasteiger partial charge in [-0.25, -0.2) is 4.98 Å². The van der Waals surface area contributed by atoms with Crippen molar-refractivity contribution < 1.29 is 22.8 Å². The van der Waals surface area contributed by atoms with Crippen LogP contribution in [0.5, 0.6) is 0 Å². The molecule has 2 aromatic rings. The third-order valence-corrected chi connectivity index (χ3v) is 6.06. The molecule has 1 fully saturated rings. The number of carbonyl (C=O) groups is 2. The smallest absolute Gasteiger partial charge is 0.353 e. The lowest BCUT2D eigenvalue weighted by Crippen LogP contribution is -2.37. The van der Waals surface area contributed by atoms with Crippen LogP contribution in [0.1, 0.15) is 61.3 Å². The molecule has 6 nitrogen and oxygen atoms in total. The number of pyridine rings is 1. The van der Waals surface area contributed by atoms with Crippen molar-refractivity contribution in [3.8, 4) is 0 Å². The minimum Gasteiger partial charge on any atom is -0.353 e. The van der Waals surface area contributed by atoms with E-state index in [1.54, 1.807) is 12.1 Å². The van der Waals surface area contributed by atoms with Gasteiger partial charge in [-0.15, -0.1) is 0 Å². The zero-order chi connectivity index (χ0) is 24.7. The molecule has 1 aromatic carbocycles. The van der Waals surface area contributed by atoms with Crippen LogP contribution in [0.2, 0.25) is 0 Å². The first kappa shape index (κ1) is 25.7. The Kier molecular flexibility index (Phi) is 8.66. The molecule has 0 saturated carbocycles. The van der Waals surface area contributed by atoms with Gasteiger partial charge in [0.2, 0.25) is 5.91 Å². The van der Waals surface area contributed by atoms with Crippen LogP contribution in [0, 0.1) is 5.92 Å². The molecule has 184 valence electrons. The van der Waals surface area contributed by atoms with Gasteiger partial charge < -0.3 is 10.6 Å². The van der Waals surface area contributed by atoms with E-state index < -0.39 is 17.8 Å². The topological polar surface area (TPSA) is 74.3 Å². The van der Waals surface area contributed by atoms with Gasteiger partial charge in [-0.2, -0.15) is 13.2 Å². The van der Waals surface area contributed by atoms with Gasteiger partial charge in [-0.1, -0.05) is 25.1 Å². The van der Waals surface area contributed by atoms with Crippen molar-refractivity contribution in [1.82, 2.24) is 15.2 Å². The van der Waals surface area contributed by atoms with Gasteiger partial charge in [0.05, 0.1) is 0 Å². The molecule has 1 saturated heterocycles. The molecule has 3 rings (SSSR count). The van der Waals surface area contributed by atoms with Crippen molar-refractivity contribution in [2.45, 2.75) is 58.3 Å². The quantitative estimate of drug-likeness (QED) is 0.598. The minimum absolute atomic E-state index is 0.0181. The molecule has 0 aliphatic carbocycles. The van der Waals surface area contributed by atoms with Crippen molar-refractivity contribution in [2.75, 3.05) is 18.4 Å². The van der Waals surface area contributed by atoms with Crippen LogP contribution in [-0.2, 0) is 17.5 Å². The average Bonchev–Trinajstić information content (AvgIpc) is 3.04. The van der Waals surface area contributed by atoms with E-state index in [1.165, 1.54) is 6.07 Å². The lowest BCUT2D eigenvalue weighted by atomic mass is 9.99. The molecule has 0 spiro atoms. The van der Waals surface area contributed by atoms with Crippen molar-refractivity contribution in [1.29, 1.82) is 0 Å². The molecule has 2 amide bonds. The SMILES string of the molecule is CC[C@H](C)NC(=O)C1CCCN(Cc2cccc(NC(=O)c3cccc(C(F)(F)F)n3)c2)CC1. The third kappa shape index (κ3) is 7.28. The first-order chi connectivity index (χ1) is 16.2. The van der Waals surface area contributed by atoms with E-state index in [1.807, 2.05) is 26.0 Å². The molecule has 34 heavy (non-hydrogen) atoms. The van der Waals surface area contributed by atoms with Crippen LogP contribution in [0.4, 0.5) is 18.9 Å². The van der Waals surface area contributed by atoms with Crippen LogP contribution in [0.15, 0.2) is 42.5 Å². The molecule has 2 atom stereocenters. The fourth-order valence-corrected chi connectivity index (χ4v) is 3.96. The fourth-order valence-electron chi connectivity index (χ4n) is 3.96. The molecule has 0 bridgehead atoms. The molecule has 0 radical (unpaired) electrons. The molecule has 2 N–H and O–H groups in total. The molecular weight excluding hydrogens is 445 g/mol. The number of hydrogen-bond acceptors (Lipinski definition) is 4. The average molecular weight is 477 g/mol. The minimum atomic E-state index is -4.61. The number of carbonyl (C=O) groups excluding carboxylic acids is 2. The Hall–Kier alpha value is -2.94. The van der Waals surface area contributed by atoms with Crippen LogP contribution < -0.4 is 10.6 Å². The summed E-state index contributed by atoms with van der Waals surface area (Å²) in [7, 11) is 0. The molecule has 2 heterocycles. The number of anilines is 1. The zero-order valence-electron chi connectivity index (χ0n) is 19.5. The summed E-state index contributed by atoms with van der Waals surface area (Å²) in [6.45, 7) is 6.38. The van der Waals surface area contributed by atoms with E-state index in [2.05, 4.69) is 20.5 Å². The molecular formula is C25H31F3N4O2. The maximum atomic E-state index is 12.9. The predicted octanol–water partition coefficient (Wildman–Crippen LogP) is 4.87. The number of alkyl halides is 3. The van der Waals surface area contributed by atoms with E-state index in [0.717, 1.165) is 56.5 Å². The second kappa shape index (κ2) is 11.5. The van der Waals surface area contributed by atoms with E-state index in [4.69, 9.17) is 0 Å². The standard InChI is InChI=1S/C25H31F3N4O2/c1-3-17(2)29-23(33)19-8-6-13-32(14-12-19)16-18-7-4-9-20(15-18)30-24(34)21-10-5-11-22(31-21)25(26,27)28/h4-5,7,9-11,15,17,19H,3,6,8,12-14,16H2,1-2H3,(H,29,33)(H,30,34)/t17-,19?/m0/s1. The molecule has 1 aliphatic heterocycles. The van der Waals surface area contributed by atoms with Crippen molar-refractivity contribution in [2.24, 2.45) is 5.92 Å². The summed E-state index contributed by atoms with van der Waals surface area (Å²) < 4.78 is 38.6. The van der Waals surface area contributed by atoms with E-state index in [0.29, 0.717) is 12.2 Å². The summed E-state index contributed by atoms with van der Waals surface area (Å²) in [6.07, 6.45) is -1.13. The second-order valence-corrected chi connectivity index (χ2v) is 8.78. The van der Waals surface area contributed by atoms with Gasteiger partial charge in [-0.05, 0) is 75.5 Å². The first-order valence-electron chi connectivity index (χ1n) is 11.6. The Morgan fingerprint density at radius 3 is 2.65 bits per heavy atom. The van der Waals surface area contributed by atoms with Gasteiger partial charge in [0, 0.05) is 24.2 Å². The number of rotatable bonds is 7. The number of hydrogen-bond donors (Lipinski definition) is 2. The summed E-state index contributed by atoms with van der Waals surface area (Å²) >= 11 is 0. The Morgan fingerprint density at radius 1 is 1.15 bits per heavy atom. The number of aromatic nitrogens is 1. The van der Waals surface area contributed by atoms with Crippen LogP contribution in [0.25, 0.3) is 0 Å². The van der Waals surface area contributed by atoms with Gasteiger partial charge >= 0.3 is 6.18 Å². The number of benzene rings is 1. The first-order valence-corrected chi connectivity index (χ1v) is 11.6. The fraction of sp³-hybridized carbons (Fsp3) is 0.480. The Labute approximate surface area is 197 Å². The second-order valence-electron chi connectivity index (χ2n) is 8.78. The van der Waals surface area contributed by atoms with Crippen molar-refractivity contribution >= 4 is 17.5 Å². The zero-order valence-corrected chi connectivity index (χ0v) is 19.5. The number of nitrogens with one attached hydrogen (secondary N) is 2. The Morgan fingerprint density at radius 2 is 1.91 bits per heavy atom. The Balaban J connectivity index is 1.58. The number of likely N-dealkylation sites (tertiary alicyclic amines) is 1. The van der Waals surface area contributed by atoms with Gasteiger partial charge in [0.15, 0.2) is 0 Å². The Bertz CT molecular complexity index is 996. The van der Waals surface area contributed by atoms with Crippen LogP contribution >= 0.6 is 0 Å². The maximum absolute atomic E-state index is 12.9. The third-order valence-electron chi connectivity index (χ3n) is 6.06. The molecule has 1 aromatic heterocycles. The lowest BCUT2D eigenvalue weighted by Gasteiger charge is -2.21. The predicted molar refractivity (Wildman–Crippen MR) is 124 cm³/mol. The molecule has 1 aliphatic rings. The highest BCUT2D eigenvalue weighted by molar-refractivity contribution is 6.02. The van der Waals surface area contributed by atoms with E-state index in [9.17, 15) is 22.8 Å². The summed E-state index contributed by atoms with van der Waals surface area (Å²) in [6, 6.07) is 10.7. The normalized spacial score (nSPS) is 18.1. The highest BCUT2D eigenvalue weighted by Crippen LogP contribution is 2.27. The lowest BCUT2D eigenvalue weighted by molar-refractivity contribution is -0.141. The summed E-state index contributed by atoms with van der Waals surface area (Å²) in [4.78, 5) is 30.7. The van der Waals surface area contributed by atoms with Gasteiger partial charge in [0.25, 0.3) is 5.91 Å². The van der Waals surface area contributed by atoms with E-state index >= 15 is 0 Å².